The van der Waals surface area contributed by atoms with Crippen molar-refractivity contribution in [2.45, 2.75) is 31.1 Å². The van der Waals surface area contributed by atoms with Gasteiger partial charge in [0.05, 0.1) is 11.4 Å². The van der Waals surface area contributed by atoms with Gasteiger partial charge in [0, 0.05) is 49.7 Å². The molecule has 0 aliphatic carbocycles. The largest absolute Gasteiger partial charge is 0.355 e. The summed E-state index contributed by atoms with van der Waals surface area (Å²) in [4.78, 5) is 29.9. The summed E-state index contributed by atoms with van der Waals surface area (Å²) >= 11 is 1.59. The van der Waals surface area contributed by atoms with Crippen molar-refractivity contribution in [2.24, 2.45) is 0 Å². The number of sulfonamides is 1. The second kappa shape index (κ2) is 12.3. The highest BCUT2D eigenvalue weighted by Crippen LogP contribution is 2.14. The second-order valence-electron chi connectivity index (χ2n) is 8.02. The Morgan fingerprint density at radius 3 is 2.39 bits per heavy atom. The molecule has 33 heavy (non-hydrogen) atoms. The van der Waals surface area contributed by atoms with E-state index in [9.17, 15) is 18.0 Å². The van der Waals surface area contributed by atoms with E-state index in [1.807, 2.05) is 22.4 Å². The van der Waals surface area contributed by atoms with Gasteiger partial charge in [0.15, 0.2) is 0 Å². The number of rotatable bonds is 11. The Hall–Kier alpha value is -2.27. The average Bonchev–Trinajstić information content (AvgIpc) is 3.33. The number of hydrogen-bond acceptors (Lipinski definition) is 6. The molecule has 1 saturated heterocycles. The van der Waals surface area contributed by atoms with E-state index in [1.165, 1.54) is 12.1 Å². The van der Waals surface area contributed by atoms with Crippen molar-refractivity contribution in [1.29, 1.82) is 0 Å². The van der Waals surface area contributed by atoms with Gasteiger partial charge in [-0.15, -0.1) is 11.3 Å². The molecule has 10 heteroatoms. The van der Waals surface area contributed by atoms with Crippen LogP contribution in [0.4, 0.5) is 0 Å². The lowest BCUT2D eigenvalue weighted by atomic mass is 10.2. The number of amides is 2. The number of carbonyl (C=O) groups is 2. The van der Waals surface area contributed by atoms with Gasteiger partial charge in [-0.1, -0.05) is 19.4 Å². The molecule has 2 amide bonds. The topological polar surface area (TPSA) is 98.8 Å². The van der Waals surface area contributed by atoms with E-state index in [0.717, 1.165) is 17.7 Å². The van der Waals surface area contributed by atoms with Crippen LogP contribution in [0.25, 0.3) is 0 Å². The van der Waals surface area contributed by atoms with Crippen molar-refractivity contribution in [3.8, 4) is 0 Å². The van der Waals surface area contributed by atoms with Crippen LogP contribution in [-0.4, -0.2) is 75.8 Å². The molecule has 1 aromatic heterocycles. The third-order valence-electron chi connectivity index (χ3n) is 5.53. The predicted molar refractivity (Wildman–Crippen MR) is 130 cm³/mol. The fourth-order valence-corrected chi connectivity index (χ4v) is 5.32. The van der Waals surface area contributed by atoms with Crippen LogP contribution in [0.15, 0.2) is 46.7 Å². The van der Waals surface area contributed by atoms with E-state index in [0.29, 0.717) is 57.8 Å². The maximum absolute atomic E-state index is 12.8. The minimum absolute atomic E-state index is 0.0176. The minimum Gasteiger partial charge on any atom is -0.355 e. The molecular weight excluding hydrogens is 460 g/mol. The van der Waals surface area contributed by atoms with E-state index >= 15 is 0 Å². The minimum atomic E-state index is -3.62. The van der Waals surface area contributed by atoms with E-state index in [2.05, 4.69) is 17.0 Å². The quantitative estimate of drug-likeness (QED) is 0.467. The van der Waals surface area contributed by atoms with Crippen molar-refractivity contribution >= 4 is 33.2 Å². The van der Waals surface area contributed by atoms with Crippen LogP contribution in [0.3, 0.4) is 0 Å². The van der Waals surface area contributed by atoms with Crippen molar-refractivity contribution in [1.82, 2.24) is 19.8 Å². The lowest BCUT2D eigenvalue weighted by molar-refractivity contribution is -0.122. The summed E-state index contributed by atoms with van der Waals surface area (Å²) < 4.78 is 27.6. The van der Waals surface area contributed by atoms with Crippen molar-refractivity contribution < 1.29 is 18.0 Å². The maximum atomic E-state index is 12.8. The first kappa shape index (κ1) is 25.4. The maximum Gasteiger partial charge on any atom is 0.253 e. The van der Waals surface area contributed by atoms with Crippen LogP contribution in [0.1, 0.15) is 35.0 Å². The molecule has 0 spiro atoms. The Bertz CT molecular complexity index is 1000. The molecule has 3 rings (SSSR count). The number of nitrogens with one attached hydrogen (secondary N) is 2. The molecule has 8 nitrogen and oxygen atoms in total. The Morgan fingerprint density at radius 1 is 1.03 bits per heavy atom. The second-order valence-corrected chi connectivity index (χ2v) is 10.8. The highest BCUT2D eigenvalue weighted by atomic mass is 32.2. The van der Waals surface area contributed by atoms with Crippen molar-refractivity contribution in [3.05, 3.63) is 52.2 Å². The van der Waals surface area contributed by atoms with Crippen LogP contribution in [-0.2, 0) is 21.2 Å². The zero-order valence-corrected chi connectivity index (χ0v) is 20.6. The molecule has 2 heterocycles. The summed E-state index contributed by atoms with van der Waals surface area (Å²) in [6.07, 6.45) is 2.65. The van der Waals surface area contributed by atoms with Gasteiger partial charge >= 0.3 is 0 Å². The summed E-state index contributed by atoms with van der Waals surface area (Å²) in [6, 6.07) is 9.97. The Balaban J connectivity index is 1.46. The number of thiophene rings is 1. The van der Waals surface area contributed by atoms with Crippen LogP contribution in [0, 0.1) is 0 Å². The summed E-state index contributed by atoms with van der Waals surface area (Å²) in [7, 11) is -3.62. The third-order valence-corrected chi connectivity index (χ3v) is 7.95. The van der Waals surface area contributed by atoms with Gasteiger partial charge in [-0.05, 0) is 48.6 Å². The number of benzene rings is 1. The molecule has 1 aliphatic heterocycles. The summed E-state index contributed by atoms with van der Waals surface area (Å²) in [5.41, 5.74) is 0.457. The van der Waals surface area contributed by atoms with Gasteiger partial charge in [-0.3, -0.25) is 14.5 Å². The number of piperazine rings is 1. The number of hydrogen-bond donors (Lipinski definition) is 2. The van der Waals surface area contributed by atoms with Crippen LogP contribution >= 0.6 is 11.3 Å². The number of carbonyl (C=O) groups excluding carboxylic acids is 2. The lowest BCUT2D eigenvalue weighted by Gasteiger charge is -2.34. The van der Waals surface area contributed by atoms with Gasteiger partial charge < -0.3 is 10.2 Å². The first-order valence-electron chi connectivity index (χ1n) is 11.3. The standard InChI is InChI=1S/C23H32N4O4S2/c1-2-3-11-24-22(28)18-26-13-15-27(16-14-26)23(29)19-6-8-21(9-7-19)33(30,31)25-12-10-20-5-4-17-32-20/h4-9,17,25H,2-3,10-16,18H2,1H3,(H,24,28). The Kier molecular flexibility index (Phi) is 9.42. The van der Waals surface area contributed by atoms with Gasteiger partial charge in [0.25, 0.3) is 5.91 Å². The molecule has 2 N–H and O–H groups in total. The average molecular weight is 493 g/mol. The Labute approximate surface area is 200 Å². The van der Waals surface area contributed by atoms with E-state index < -0.39 is 10.0 Å². The Morgan fingerprint density at radius 2 is 1.76 bits per heavy atom. The number of unbranched alkanes of at least 4 members (excludes halogenated alkanes) is 1. The zero-order valence-electron chi connectivity index (χ0n) is 19.0. The molecule has 180 valence electrons. The van der Waals surface area contributed by atoms with Gasteiger partial charge in [0.2, 0.25) is 15.9 Å². The van der Waals surface area contributed by atoms with Crippen molar-refractivity contribution in [3.63, 3.8) is 0 Å². The molecule has 0 bridgehead atoms. The van der Waals surface area contributed by atoms with Crippen molar-refractivity contribution in [2.75, 3.05) is 45.8 Å². The third kappa shape index (κ3) is 7.63. The normalized spacial score (nSPS) is 14.9. The molecule has 0 saturated carbocycles. The lowest BCUT2D eigenvalue weighted by Crippen LogP contribution is -2.51. The molecule has 1 fully saturated rings. The van der Waals surface area contributed by atoms with E-state index in [4.69, 9.17) is 0 Å². The summed E-state index contributed by atoms with van der Waals surface area (Å²) in [6.45, 7) is 5.78. The van der Waals surface area contributed by atoms with E-state index in [-0.39, 0.29) is 16.7 Å². The SMILES string of the molecule is CCCCNC(=O)CN1CCN(C(=O)c2ccc(S(=O)(=O)NCCc3cccs3)cc2)CC1. The highest BCUT2D eigenvalue weighted by molar-refractivity contribution is 7.89. The predicted octanol–water partition coefficient (Wildman–Crippen LogP) is 1.94. The number of nitrogens with zero attached hydrogens (tertiary/aromatic N) is 2. The fourth-order valence-electron chi connectivity index (χ4n) is 3.58. The monoisotopic (exact) mass is 492 g/mol. The first-order chi connectivity index (χ1) is 15.9. The van der Waals surface area contributed by atoms with Crippen LogP contribution in [0.2, 0.25) is 0 Å². The van der Waals surface area contributed by atoms with Crippen LogP contribution in [0.5, 0.6) is 0 Å². The zero-order chi connectivity index (χ0) is 23.7. The summed E-state index contributed by atoms with van der Waals surface area (Å²) in [5.74, 6) is -0.110. The molecule has 1 aromatic carbocycles. The van der Waals surface area contributed by atoms with Gasteiger partial charge in [-0.25, -0.2) is 13.1 Å². The molecule has 1 aliphatic rings. The molecule has 0 unspecified atom stereocenters. The van der Waals surface area contributed by atoms with Gasteiger partial charge in [0.1, 0.15) is 0 Å². The van der Waals surface area contributed by atoms with Gasteiger partial charge in [-0.2, -0.15) is 0 Å². The van der Waals surface area contributed by atoms with E-state index in [1.54, 1.807) is 28.4 Å². The first-order valence-corrected chi connectivity index (χ1v) is 13.7. The highest BCUT2D eigenvalue weighted by Gasteiger charge is 2.24. The smallest absolute Gasteiger partial charge is 0.253 e. The molecule has 2 aromatic rings. The van der Waals surface area contributed by atoms with Crippen LogP contribution < -0.4 is 10.0 Å². The molecule has 0 atom stereocenters. The fraction of sp³-hybridized carbons (Fsp3) is 0.478. The molecular formula is C23H32N4O4S2. The summed E-state index contributed by atoms with van der Waals surface area (Å²) in [5, 5.41) is 4.88. The molecule has 0 radical (unpaired) electrons.